The normalized spacial score (nSPS) is 12.9. The predicted molar refractivity (Wildman–Crippen MR) is 89.6 cm³/mol. The monoisotopic (exact) mass is 347 g/mol. The van der Waals surface area contributed by atoms with Gasteiger partial charge in [0.2, 0.25) is 17.6 Å². The third kappa shape index (κ3) is 4.10. The van der Waals surface area contributed by atoms with Gasteiger partial charge in [0.1, 0.15) is 5.82 Å². The number of nitrogens with zero attached hydrogens (tertiary/aromatic N) is 2. The van der Waals surface area contributed by atoms with E-state index in [1.165, 1.54) is 19.1 Å². The van der Waals surface area contributed by atoms with Crippen LogP contribution in [-0.2, 0) is 10.2 Å². The Morgan fingerprint density at radius 1 is 1.16 bits per heavy atom. The van der Waals surface area contributed by atoms with E-state index in [-0.39, 0.29) is 29.4 Å². The van der Waals surface area contributed by atoms with E-state index in [0.717, 1.165) is 5.56 Å². The van der Waals surface area contributed by atoms with E-state index in [0.29, 0.717) is 0 Å². The van der Waals surface area contributed by atoms with E-state index < -0.39 is 17.2 Å². The molecular formula is C18H22FN3O3. The number of benzene rings is 1. The summed E-state index contributed by atoms with van der Waals surface area (Å²) >= 11 is 0. The Hall–Kier alpha value is -2.57. The van der Waals surface area contributed by atoms with Crippen molar-refractivity contribution < 1.29 is 18.4 Å². The summed E-state index contributed by atoms with van der Waals surface area (Å²) in [7, 11) is 0. The predicted octanol–water partition coefficient (Wildman–Crippen LogP) is 2.88. The van der Waals surface area contributed by atoms with Gasteiger partial charge in [-0.1, -0.05) is 26.0 Å². The number of carbonyl (C=O) groups is 2. The molecule has 0 aliphatic heterocycles. The molecule has 0 saturated heterocycles. The van der Waals surface area contributed by atoms with Crippen LogP contribution in [0.1, 0.15) is 56.8 Å². The zero-order chi connectivity index (χ0) is 18.8. The first kappa shape index (κ1) is 18.8. The van der Waals surface area contributed by atoms with Gasteiger partial charge in [-0.3, -0.25) is 9.59 Å². The molecule has 7 heteroatoms. The van der Waals surface area contributed by atoms with Crippen molar-refractivity contribution in [3.8, 4) is 0 Å². The Labute approximate surface area is 145 Å². The highest BCUT2D eigenvalue weighted by Crippen LogP contribution is 2.30. The molecular weight excluding hydrogens is 325 g/mol. The molecule has 0 fully saturated rings. The SMILES string of the molecule is CC(=O)NC(C(=O)c1nnc(C(C)(C)c2ccc(F)cc2)o1)C(C)C. The average molecular weight is 347 g/mol. The minimum absolute atomic E-state index is 0.128. The fourth-order valence-electron chi connectivity index (χ4n) is 2.45. The van der Waals surface area contributed by atoms with Crippen molar-refractivity contribution in [1.29, 1.82) is 0 Å². The van der Waals surface area contributed by atoms with Gasteiger partial charge in [-0.05, 0) is 37.5 Å². The Morgan fingerprint density at radius 2 is 1.76 bits per heavy atom. The number of rotatable bonds is 6. The minimum atomic E-state index is -0.736. The van der Waals surface area contributed by atoms with Crippen molar-refractivity contribution in [3.63, 3.8) is 0 Å². The molecule has 2 rings (SSSR count). The quantitative estimate of drug-likeness (QED) is 0.812. The van der Waals surface area contributed by atoms with Crippen LogP contribution in [0.15, 0.2) is 28.7 Å². The smallest absolute Gasteiger partial charge is 0.286 e. The summed E-state index contributed by atoms with van der Waals surface area (Å²) in [5.74, 6) is -1.12. The van der Waals surface area contributed by atoms with Gasteiger partial charge in [0.15, 0.2) is 0 Å². The van der Waals surface area contributed by atoms with Gasteiger partial charge < -0.3 is 9.73 Å². The van der Waals surface area contributed by atoms with Crippen LogP contribution in [0.4, 0.5) is 4.39 Å². The summed E-state index contributed by atoms with van der Waals surface area (Å²) in [6.45, 7) is 8.67. The van der Waals surface area contributed by atoms with Crippen molar-refractivity contribution in [3.05, 3.63) is 47.4 Å². The first-order valence-electron chi connectivity index (χ1n) is 8.04. The molecule has 0 aliphatic rings. The molecule has 0 bridgehead atoms. The number of ketones is 1. The molecule has 0 aliphatic carbocycles. The van der Waals surface area contributed by atoms with Gasteiger partial charge in [-0.2, -0.15) is 0 Å². The molecule has 6 nitrogen and oxygen atoms in total. The molecule has 1 N–H and O–H groups in total. The first-order chi connectivity index (χ1) is 11.6. The highest BCUT2D eigenvalue weighted by atomic mass is 19.1. The lowest BCUT2D eigenvalue weighted by Gasteiger charge is -2.21. The van der Waals surface area contributed by atoms with Crippen molar-refractivity contribution in [1.82, 2.24) is 15.5 Å². The summed E-state index contributed by atoms with van der Waals surface area (Å²) < 4.78 is 18.7. The summed E-state index contributed by atoms with van der Waals surface area (Å²) in [6, 6.07) is 5.24. The summed E-state index contributed by atoms with van der Waals surface area (Å²) in [4.78, 5) is 23.9. The van der Waals surface area contributed by atoms with Crippen LogP contribution in [0, 0.1) is 11.7 Å². The van der Waals surface area contributed by atoms with Crippen molar-refractivity contribution in [2.45, 2.75) is 46.1 Å². The highest BCUT2D eigenvalue weighted by Gasteiger charge is 2.33. The van der Waals surface area contributed by atoms with E-state index in [4.69, 9.17) is 4.42 Å². The second-order valence-corrected chi connectivity index (χ2v) is 6.83. The molecule has 0 saturated carbocycles. The number of nitrogens with one attached hydrogen (secondary N) is 1. The highest BCUT2D eigenvalue weighted by molar-refractivity contribution is 5.98. The van der Waals surface area contributed by atoms with Gasteiger partial charge in [0, 0.05) is 6.92 Å². The fraction of sp³-hybridized carbons (Fsp3) is 0.444. The summed E-state index contributed by atoms with van der Waals surface area (Å²) in [5, 5.41) is 10.4. The maximum absolute atomic E-state index is 13.1. The van der Waals surface area contributed by atoms with Crippen LogP contribution in [0.3, 0.4) is 0 Å². The molecule has 1 amide bonds. The van der Waals surface area contributed by atoms with Crippen LogP contribution in [0.25, 0.3) is 0 Å². The lowest BCUT2D eigenvalue weighted by atomic mass is 9.84. The Kier molecular flexibility index (Phi) is 5.35. The van der Waals surface area contributed by atoms with E-state index in [2.05, 4.69) is 15.5 Å². The van der Waals surface area contributed by atoms with Crippen LogP contribution in [-0.4, -0.2) is 27.9 Å². The molecule has 0 radical (unpaired) electrons. The standard InChI is InChI=1S/C18H22FN3O3/c1-10(2)14(20-11(3)23)15(24)16-21-22-17(25-16)18(4,5)12-6-8-13(19)9-7-12/h6-10,14H,1-5H3,(H,20,23). The molecule has 1 atom stereocenters. The van der Waals surface area contributed by atoms with Crippen LogP contribution in [0.2, 0.25) is 0 Å². The summed E-state index contributed by atoms with van der Waals surface area (Å²) in [5.41, 5.74) is 0.0828. The lowest BCUT2D eigenvalue weighted by Crippen LogP contribution is -2.43. The number of amides is 1. The summed E-state index contributed by atoms with van der Waals surface area (Å²) in [6.07, 6.45) is 0. The molecule has 1 aromatic carbocycles. The number of aromatic nitrogens is 2. The van der Waals surface area contributed by atoms with Gasteiger partial charge >= 0.3 is 0 Å². The van der Waals surface area contributed by atoms with Crippen LogP contribution >= 0.6 is 0 Å². The maximum Gasteiger partial charge on any atom is 0.286 e. The van der Waals surface area contributed by atoms with Gasteiger partial charge in [0.05, 0.1) is 11.5 Å². The van der Waals surface area contributed by atoms with E-state index in [1.807, 2.05) is 27.7 Å². The lowest BCUT2D eigenvalue weighted by molar-refractivity contribution is -0.119. The number of Topliss-reactive ketones (excluding diaryl/α,β-unsaturated/α-hetero) is 1. The third-order valence-corrected chi connectivity index (χ3v) is 4.04. The van der Waals surface area contributed by atoms with Crippen molar-refractivity contribution in [2.75, 3.05) is 0 Å². The maximum atomic E-state index is 13.1. The number of hydrogen-bond donors (Lipinski definition) is 1. The van der Waals surface area contributed by atoms with Gasteiger partial charge in [0.25, 0.3) is 5.89 Å². The van der Waals surface area contributed by atoms with E-state index >= 15 is 0 Å². The average Bonchev–Trinajstić information content (AvgIpc) is 3.02. The zero-order valence-electron chi connectivity index (χ0n) is 15.0. The largest absolute Gasteiger partial charge is 0.417 e. The topological polar surface area (TPSA) is 85.1 Å². The van der Waals surface area contributed by atoms with Crippen LogP contribution < -0.4 is 5.32 Å². The van der Waals surface area contributed by atoms with E-state index in [9.17, 15) is 14.0 Å². The van der Waals surface area contributed by atoms with Crippen molar-refractivity contribution >= 4 is 11.7 Å². The number of carbonyl (C=O) groups excluding carboxylic acids is 2. The molecule has 25 heavy (non-hydrogen) atoms. The Bertz CT molecular complexity index is 766. The first-order valence-corrected chi connectivity index (χ1v) is 8.04. The molecule has 2 aromatic rings. The van der Waals surface area contributed by atoms with Crippen LogP contribution in [0.5, 0.6) is 0 Å². The van der Waals surface area contributed by atoms with Gasteiger partial charge in [-0.25, -0.2) is 4.39 Å². The second-order valence-electron chi connectivity index (χ2n) is 6.83. The fourth-order valence-corrected chi connectivity index (χ4v) is 2.45. The molecule has 134 valence electrons. The third-order valence-electron chi connectivity index (χ3n) is 4.04. The van der Waals surface area contributed by atoms with E-state index in [1.54, 1.807) is 12.1 Å². The Balaban J connectivity index is 2.30. The number of halogens is 1. The molecule has 1 aromatic heterocycles. The van der Waals surface area contributed by atoms with Crippen molar-refractivity contribution in [2.24, 2.45) is 5.92 Å². The minimum Gasteiger partial charge on any atom is -0.417 e. The molecule has 0 spiro atoms. The number of hydrogen-bond acceptors (Lipinski definition) is 5. The van der Waals surface area contributed by atoms with Gasteiger partial charge in [-0.15, -0.1) is 10.2 Å². The molecule has 1 heterocycles. The molecule has 1 unspecified atom stereocenters. The second kappa shape index (κ2) is 7.13. The Morgan fingerprint density at radius 3 is 2.28 bits per heavy atom. The zero-order valence-corrected chi connectivity index (χ0v) is 15.0.